The summed E-state index contributed by atoms with van der Waals surface area (Å²) in [5, 5.41) is 3.77. The van der Waals surface area contributed by atoms with E-state index in [9.17, 15) is 22.4 Å². The van der Waals surface area contributed by atoms with Crippen molar-refractivity contribution >= 4 is 11.7 Å². The fraction of sp³-hybridized carbons (Fsp3) is 0.300. The largest absolute Gasteiger partial charge is 0.405 e. The van der Waals surface area contributed by atoms with Crippen LogP contribution in [0.4, 0.5) is 28.0 Å². The van der Waals surface area contributed by atoms with E-state index in [1.54, 1.807) is 5.32 Å². The van der Waals surface area contributed by atoms with Crippen LogP contribution in [0.25, 0.3) is 0 Å². The van der Waals surface area contributed by atoms with E-state index >= 15 is 0 Å². The number of hydrogen-bond acceptors (Lipinski definition) is 2. The molecule has 0 unspecified atom stereocenters. The minimum atomic E-state index is -4.48. The number of halogens is 4. The molecule has 100 valence electrons. The van der Waals surface area contributed by atoms with Crippen LogP contribution in [0.15, 0.2) is 18.2 Å². The quantitative estimate of drug-likeness (QED) is 0.731. The first kappa shape index (κ1) is 14.2. The van der Waals surface area contributed by atoms with E-state index in [0.717, 1.165) is 6.07 Å². The highest BCUT2D eigenvalue weighted by atomic mass is 19.4. The maximum Gasteiger partial charge on any atom is 0.405 e. The lowest BCUT2D eigenvalue weighted by molar-refractivity contribution is -0.122. The third kappa shape index (κ3) is 4.58. The predicted molar refractivity (Wildman–Crippen MR) is 57.4 cm³/mol. The molecule has 0 aliphatic heterocycles. The van der Waals surface area contributed by atoms with Gasteiger partial charge in [0.25, 0.3) is 0 Å². The lowest BCUT2D eigenvalue weighted by Gasteiger charge is -2.10. The second-order valence-electron chi connectivity index (χ2n) is 3.43. The van der Waals surface area contributed by atoms with Crippen LogP contribution >= 0.6 is 0 Å². The summed E-state index contributed by atoms with van der Waals surface area (Å²) in [5.41, 5.74) is 5.57. The van der Waals surface area contributed by atoms with Crippen molar-refractivity contribution in [1.82, 2.24) is 5.32 Å². The minimum Gasteiger partial charge on any atom is -0.329 e. The van der Waals surface area contributed by atoms with E-state index in [4.69, 9.17) is 5.73 Å². The van der Waals surface area contributed by atoms with Gasteiger partial charge in [-0.15, -0.1) is 0 Å². The van der Waals surface area contributed by atoms with Gasteiger partial charge in [-0.3, -0.25) is 0 Å². The molecule has 1 aromatic rings. The average Bonchev–Trinajstić information content (AvgIpc) is 2.28. The first-order valence-electron chi connectivity index (χ1n) is 4.92. The Labute approximate surface area is 100 Å². The van der Waals surface area contributed by atoms with E-state index in [1.165, 1.54) is 12.1 Å². The van der Waals surface area contributed by atoms with Crippen molar-refractivity contribution in [2.24, 2.45) is 5.73 Å². The van der Waals surface area contributed by atoms with E-state index in [2.05, 4.69) is 5.32 Å². The molecule has 0 saturated carbocycles. The number of nitrogens with one attached hydrogen (secondary N) is 2. The number of rotatable bonds is 3. The van der Waals surface area contributed by atoms with Gasteiger partial charge in [0.1, 0.15) is 12.4 Å². The third-order valence-electron chi connectivity index (χ3n) is 1.97. The van der Waals surface area contributed by atoms with Gasteiger partial charge in [-0.1, -0.05) is 0 Å². The molecular weight excluding hydrogens is 254 g/mol. The first-order chi connectivity index (χ1) is 8.31. The zero-order chi connectivity index (χ0) is 13.8. The Morgan fingerprint density at radius 2 is 2.00 bits per heavy atom. The molecule has 0 fully saturated rings. The molecular formula is C10H11F4N3O. The Morgan fingerprint density at radius 3 is 2.56 bits per heavy atom. The normalized spacial score (nSPS) is 11.2. The van der Waals surface area contributed by atoms with Gasteiger partial charge in [-0.25, -0.2) is 9.18 Å². The monoisotopic (exact) mass is 265 g/mol. The predicted octanol–water partition coefficient (Wildman–Crippen LogP) is 1.97. The molecule has 1 rings (SSSR count). The number of carbonyl (C=O) groups excluding carboxylic acids is 1. The molecule has 0 heterocycles. The summed E-state index contributed by atoms with van der Waals surface area (Å²) in [6.07, 6.45) is -4.48. The Hall–Kier alpha value is -1.83. The molecule has 8 heteroatoms. The zero-order valence-corrected chi connectivity index (χ0v) is 9.14. The molecule has 0 aliphatic rings. The summed E-state index contributed by atoms with van der Waals surface area (Å²) in [4.78, 5) is 11.1. The van der Waals surface area contributed by atoms with Crippen LogP contribution < -0.4 is 16.4 Å². The molecule has 4 nitrogen and oxygen atoms in total. The minimum absolute atomic E-state index is 0.0779. The highest BCUT2D eigenvalue weighted by Gasteiger charge is 2.27. The molecule has 2 amide bonds. The van der Waals surface area contributed by atoms with Crippen LogP contribution in [-0.2, 0) is 6.54 Å². The van der Waals surface area contributed by atoms with Gasteiger partial charge in [-0.2, -0.15) is 13.2 Å². The highest BCUT2D eigenvalue weighted by Crippen LogP contribution is 2.15. The number of anilines is 1. The summed E-state index contributed by atoms with van der Waals surface area (Å²) in [7, 11) is 0. The van der Waals surface area contributed by atoms with Crippen molar-refractivity contribution in [2.75, 3.05) is 11.9 Å². The Bertz CT molecular complexity index is 434. The zero-order valence-electron chi connectivity index (χ0n) is 9.14. The van der Waals surface area contributed by atoms with Gasteiger partial charge in [0.05, 0.1) is 0 Å². The van der Waals surface area contributed by atoms with Crippen LogP contribution in [0.5, 0.6) is 0 Å². The standard InChI is InChI=1S/C10H11F4N3O/c11-8-2-1-7(3-6(8)4-15)17-9(18)16-5-10(12,13)14/h1-3H,4-5,15H2,(H2,16,17,18). The Morgan fingerprint density at radius 1 is 1.33 bits per heavy atom. The number of alkyl halides is 3. The van der Waals surface area contributed by atoms with E-state index in [-0.39, 0.29) is 17.8 Å². The van der Waals surface area contributed by atoms with E-state index in [1.807, 2.05) is 0 Å². The van der Waals surface area contributed by atoms with Crippen LogP contribution in [-0.4, -0.2) is 18.8 Å². The smallest absolute Gasteiger partial charge is 0.329 e. The molecule has 0 radical (unpaired) electrons. The van der Waals surface area contributed by atoms with Gasteiger partial charge in [0, 0.05) is 17.8 Å². The summed E-state index contributed by atoms with van der Waals surface area (Å²) in [6.45, 7) is -1.52. The molecule has 18 heavy (non-hydrogen) atoms. The van der Waals surface area contributed by atoms with Crippen molar-refractivity contribution in [1.29, 1.82) is 0 Å². The number of nitrogens with two attached hydrogens (primary N) is 1. The molecule has 0 bridgehead atoms. The SMILES string of the molecule is NCc1cc(NC(=O)NCC(F)(F)F)ccc1F. The van der Waals surface area contributed by atoms with Crippen LogP contribution in [0.3, 0.4) is 0 Å². The Kier molecular flexibility index (Phi) is 4.49. The molecule has 0 saturated heterocycles. The maximum atomic E-state index is 13.1. The molecule has 0 spiro atoms. The lowest BCUT2D eigenvalue weighted by atomic mass is 10.2. The van der Waals surface area contributed by atoms with Crippen LogP contribution in [0.1, 0.15) is 5.56 Å². The van der Waals surface area contributed by atoms with Crippen molar-refractivity contribution in [3.05, 3.63) is 29.6 Å². The molecule has 0 aliphatic carbocycles. The number of benzene rings is 1. The second kappa shape index (κ2) is 5.67. The summed E-state index contributed by atoms with van der Waals surface area (Å²) < 4.78 is 48.5. The third-order valence-corrected chi connectivity index (χ3v) is 1.97. The van der Waals surface area contributed by atoms with Crippen molar-refractivity contribution in [2.45, 2.75) is 12.7 Å². The number of hydrogen-bond donors (Lipinski definition) is 3. The van der Waals surface area contributed by atoms with Crippen molar-refractivity contribution in [3.8, 4) is 0 Å². The average molecular weight is 265 g/mol. The number of carbonyl (C=O) groups is 1. The fourth-order valence-electron chi connectivity index (χ4n) is 1.16. The Balaban J connectivity index is 2.59. The van der Waals surface area contributed by atoms with Gasteiger partial charge in [-0.05, 0) is 18.2 Å². The first-order valence-corrected chi connectivity index (χ1v) is 4.92. The summed E-state index contributed by atoms with van der Waals surface area (Å²) >= 11 is 0. The van der Waals surface area contributed by atoms with E-state index < -0.39 is 24.6 Å². The molecule has 0 atom stereocenters. The van der Waals surface area contributed by atoms with Crippen molar-refractivity contribution in [3.63, 3.8) is 0 Å². The summed E-state index contributed by atoms with van der Waals surface area (Å²) in [6, 6.07) is 2.52. The highest BCUT2D eigenvalue weighted by molar-refractivity contribution is 5.89. The van der Waals surface area contributed by atoms with Crippen LogP contribution in [0.2, 0.25) is 0 Å². The second-order valence-corrected chi connectivity index (χ2v) is 3.43. The van der Waals surface area contributed by atoms with Gasteiger partial charge < -0.3 is 16.4 Å². The molecule has 4 N–H and O–H groups in total. The van der Waals surface area contributed by atoms with Crippen LogP contribution in [0, 0.1) is 5.82 Å². The van der Waals surface area contributed by atoms with Gasteiger partial charge >= 0.3 is 12.2 Å². The summed E-state index contributed by atoms with van der Waals surface area (Å²) in [5.74, 6) is -0.543. The van der Waals surface area contributed by atoms with Gasteiger partial charge in [0.2, 0.25) is 0 Å². The number of amides is 2. The number of urea groups is 1. The fourth-order valence-corrected chi connectivity index (χ4v) is 1.16. The maximum absolute atomic E-state index is 13.1. The lowest BCUT2D eigenvalue weighted by Crippen LogP contribution is -2.36. The van der Waals surface area contributed by atoms with E-state index in [0.29, 0.717) is 0 Å². The van der Waals surface area contributed by atoms with Gasteiger partial charge in [0.15, 0.2) is 0 Å². The topological polar surface area (TPSA) is 67.1 Å². The van der Waals surface area contributed by atoms with Crippen molar-refractivity contribution < 1.29 is 22.4 Å². The molecule has 1 aromatic carbocycles. The molecule has 0 aromatic heterocycles.